The molecule has 3 N–H and O–H groups in total. The topological polar surface area (TPSA) is 87.4 Å². The number of β-amino-alcohol motifs (C(OH)–C–C–N with tert-alkyl or cyclic N) is 1. The first-order valence-corrected chi connectivity index (χ1v) is 9.05. The summed E-state index contributed by atoms with van der Waals surface area (Å²) in [6.45, 7) is 4.27. The minimum Gasteiger partial charge on any atom is -0.391 e. The van der Waals surface area contributed by atoms with Crippen LogP contribution < -0.4 is 10.6 Å². The highest BCUT2D eigenvalue weighted by Gasteiger charge is 2.69. The third-order valence-corrected chi connectivity index (χ3v) is 6.01. The molecule has 7 nitrogen and oxygen atoms in total. The molecule has 1 aliphatic carbocycles. The van der Waals surface area contributed by atoms with Gasteiger partial charge < -0.3 is 15.7 Å². The molecule has 5 rings (SSSR count). The van der Waals surface area contributed by atoms with Gasteiger partial charge in [-0.15, -0.1) is 10.2 Å². The summed E-state index contributed by atoms with van der Waals surface area (Å²) in [5.41, 5.74) is 3.80. The predicted octanol–water partition coefficient (Wildman–Crippen LogP) is 1.21. The third-order valence-electron chi connectivity index (χ3n) is 6.01. The summed E-state index contributed by atoms with van der Waals surface area (Å²) in [6.07, 6.45) is 1.30. The molecule has 1 spiro atoms. The van der Waals surface area contributed by atoms with Crippen LogP contribution in [0.1, 0.15) is 17.2 Å². The molecule has 3 aromatic rings. The molecule has 1 saturated carbocycles. The Labute approximate surface area is 151 Å². The van der Waals surface area contributed by atoms with Gasteiger partial charge in [-0.3, -0.25) is 0 Å². The fourth-order valence-corrected chi connectivity index (χ4v) is 4.78. The summed E-state index contributed by atoms with van der Waals surface area (Å²) < 4.78 is 1.70. The van der Waals surface area contributed by atoms with Crippen LogP contribution in [0.2, 0.25) is 0 Å². The quantitative estimate of drug-likeness (QED) is 0.656. The first-order chi connectivity index (χ1) is 12.7. The lowest BCUT2D eigenvalue weighted by atomic mass is 9.95. The van der Waals surface area contributed by atoms with Crippen molar-refractivity contribution in [2.45, 2.75) is 18.9 Å². The first-order valence-electron chi connectivity index (χ1n) is 9.05. The Kier molecular flexibility index (Phi) is 3.48. The second-order valence-electron chi connectivity index (χ2n) is 7.43. The molecule has 7 heteroatoms. The molecule has 0 unspecified atom stereocenters. The molecule has 134 valence electrons. The van der Waals surface area contributed by atoms with Crippen LogP contribution in [0.15, 0.2) is 42.7 Å². The summed E-state index contributed by atoms with van der Waals surface area (Å²) in [5, 5.41) is 30.1. The second-order valence-corrected chi connectivity index (χ2v) is 7.43. The van der Waals surface area contributed by atoms with E-state index < -0.39 is 0 Å². The monoisotopic (exact) mass is 350 g/mol. The van der Waals surface area contributed by atoms with E-state index in [0.717, 1.165) is 30.1 Å². The number of nitrogens with zero attached hydrogens (tertiary/aromatic N) is 4. The van der Waals surface area contributed by atoms with Crippen LogP contribution in [0.3, 0.4) is 0 Å². The molecule has 0 radical (unpaired) electrons. The number of rotatable bonds is 4. The number of hydrogen-bond donors (Lipinski definition) is 3. The molecule has 1 saturated heterocycles. The lowest BCUT2D eigenvalue weighted by molar-refractivity contribution is 0.124. The van der Waals surface area contributed by atoms with Gasteiger partial charge in [-0.05, 0) is 30.4 Å². The van der Waals surface area contributed by atoms with E-state index in [0.29, 0.717) is 18.4 Å². The summed E-state index contributed by atoms with van der Waals surface area (Å²) >= 11 is 0. The summed E-state index contributed by atoms with van der Waals surface area (Å²) in [7, 11) is 0. The van der Waals surface area contributed by atoms with Gasteiger partial charge in [0.2, 0.25) is 5.65 Å². The first kappa shape index (κ1) is 15.7. The Bertz CT molecular complexity index is 942. The van der Waals surface area contributed by atoms with Gasteiger partial charge >= 0.3 is 0 Å². The zero-order valence-corrected chi connectivity index (χ0v) is 14.6. The highest BCUT2D eigenvalue weighted by atomic mass is 16.3. The molecule has 0 amide bonds. The Hall–Kier alpha value is -2.51. The van der Waals surface area contributed by atoms with Crippen LogP contribution in [-0.2, 0) is 0 Å². The maximum atomic E-state index is 10.7. The van der Waals surface area contributed by atoms with Crippen molar-refractivity contribution in [3.63, 3.8) is 0 Å². The van der Waals surface area contributed by atoms with E-state index in [1.54, 1.807) is 10.8 Å². The molecule has 26 heavy (non-hydrogen) atoms. The van der Waals surface area contributed by atoms with Gasteiger partial charge in [-0.2, -0.15) is 9.61 Å². The molecule has 4 atom stereocenters. The maximum Gasteiger partial charge on any atom is 0.200 e. The highest BCUT2D eigenvalue weighted by Crippen LogP contribution is 2.67. The third kappa shape index (κ3) is 2.24. The van der Waals surface area contributed by atoms with Crippen molar-refractivity contribution < 1.29 is 5.11 Å². The van der Waals surface area contributed by atoms with Crippen LogP contribution in [-0.4, -0.2) is 50.7 Å². The Balaban J connectivity index is 1.43. The fourth-order valence-electron chi connectivity index (χ4n) is 4.78. The van der Waals surface area contributed by atoms with Crippen molar-refractivity contribution in [2.75, 3.05) is 25.0 Å². The molecule has 2 aliphatic rings. The highest BCUT2D eigenvalue weighted by molar-refractivity contribution is 5.66. The van der Waals surface area contributed by atoms with E-state index in [1.807, 2.05) is 19.1 Å². The number of fused-ring (bicyclic) bond motifs is 1. The standard InChI is InChI=1S/C19H22N6O/c1-12-7-15(18-23-22-11-25(18)24-12)21-8-14-17(13-5-3-2-4-6-13)19(14)10-20-9-16(19)26/h2-7,11,14,16-17,20-21,26H,8-10H2,1H3/t14-,16-,17-,19-/m0/s1. The molecule has 2 fully saturated rings. The van der Waals surface area contributed by atoms with Crippen LogP contribution >= 0.6 is 0 Å². The van der Waals surface area contributed by atoms with E-state index in [1.165, 1.54) is 5.56 Å². The Morgan fingerprint density at radius 1 is 1.35 bits per heavy atom. The number of aliphatic hydroxyl groups excluding tert-OH is 1. The molecule has 1 aliphatic heterocycles. The van der Waals surface area contributed by atoms with Gasteiger partial charge in [-0.25, -0.2) is 0 Å². The van der Waals surface area contributed by atoms with Gasteiger partial charge in [0.25, 0.3) is 0 Å². The summed E-state index contributed by atoms with van der Waals surface area (Å²) in [6, 6.07) is 12.5. The van der Waals surface area contributed by atoms with Gasteiger partial charge in [0.05, 0.1) is 17.5 Å². The average molecular weight is 350 g/mol. The van der Waals surface area contributed by atoms with E-state index in [9.17, 15) is 5.11 Å². The fraction of sp³-hybridized carbons (Fsp3) is 0.421. The Morgan fingerprint density at radius 2 is 2.19 bits per heavy atom. The second kappa shape index (κ2) is 5.75. The number of aliphatic hydroxyl groups is 1. The van der Waals surface area contributed by atoms with Crippen LogP contribution in [0, 0.1) is 18.3 Å². The number of hydrogen-bond acceptors (Lipinski definition) is 6. The number of benzene rings is 1. The van der Waals surface area contributed by atoms with Crippen molar-refractivity contribution >= 4 is 11.3 Å². The smallest absolute Gasteiger partial charge is 0.200 e. The van der Waals surface area contributed by atoms with Crippen molar-refractivity contribution in [2.24, 2.45) is 11.3 Å². The number of anilines is 1. The zero-order valence-electron chi connectivity index (χ0n) is 14.6. The number of nitrogens with one attached hydrogen (secondary N) is 2. The van der Waals surface area contributed by atoms with Crippen LogP contribution in [0.4, 0.5) is 5.69 Å². The SMILES string of the molecule is Cc1cc(NC[C@H]2[C@H](c3ccccc3)[C@@]23CNC[C@@H]3O)c2nncn2n1. The van der Waals surface area contributed by atoms with Crippen molar-refractivity contribution in [3.05, 3.63) is 54.0 Å². The number of aryl methyl sites for hydroxylation is 1. The van der Waals surface area contributed by atoms with Gasteiger partial charge in [0.1, 0.15) is 6.33 Å². The number of aromatic nitrogens is 4. The van der Waals surface area contributed by atoms with Gasteiger partial charge in [-0.1, -0.05) is 30.3 Å². The molecule has 3 heterocycles. The summed E-state index contributed by atoms with van der Waals surface area (Å²) in [5.74, 6) is 0.726. The molecule has 2 aromatic heterocycles. The van der Waals surface area contributed by atoms with E-state index in [2.05, 4.69) is 50.2 Å². The predicted molar refractivity (Wildman–Crippen MR) is 98.0 cm³/mol. The average Bonchev–Trinajstić information content (AvgIpc) is 2.92. The minimum absolute atomic E-state index is 0.0829. The Morgan fingerprint density at radius 3 is 2.96 bits per heavy atom. The van der Waals surface area contributed by atoms with Crippen molar-refractivity contribution in [3.8, 4) is 0 Å². The van der Waals surface area contributed by atoms with Crippen LogP contribution in [0.5, 0.6) is 0 Å². The van der Waals surface area contributed by atoms with E-state index in [-0.39, 0.29) is 11.5 Å². The van der Waals surface area contributed by atoms with Crippen LogP contribution in [0.25, 0.3) is 5.65 Å². The van der Waals surface area contributed by atoms with Crippen molar-refractivity contribution in [1.82, 2.24) is 25.1 Å². The summed E-state index contributed by atoms with van der Waals surface area (Å²) in [4.78, 5) is 0. The molecular weight excluding hydrogens is 328 g/mol. The zero-order chi connectivity index (χ0) is 17.7. The lowest BCUT2D eigenvalue weighted by Crippen LogP contribution is -2.24. The van der Waals surface area contributed by atoms with Gasteiger partial charge in [0.15, 0.2) is 0 Å². The van der Waals surface area contributed by atoms with Crippen molar-refractivity contribution in [1.29, 1.82) is 0 Å². The van der Waals surface area contributed by atoms with E-state index >= 15 is 0 Å². The normalized spacial score (nSPS) is 30.2. The molecule has 1 aromatic carbocycles. The molecular formula is C19H22N6O. The molecule has 0 bridgehead atoms. The minimum atomic E-state index is -0.313. The largest absolute Gasteiger partial charge is 0.391 e. The lowest BCUT2D eigenvalue weighted by Gasteiger charge is -2.15. The van der Waals surface area contributed by atoms with E-state index in [4.69, 9.17) is 0 Å². The van der Waals surface area contributed by atoms with Gasteiger partial charge in [0, 0.05) is 25.0 Å². The maximum absolute atomic E-state index is 10.7.